The lowest BCUT2D eigenvalue weighted by Gasteiger charge is -2.27. The SMILES string of the molecule is CN=C(NCc1ccccc1CN1CCOCC1)NCc1nnc2n1CCC2. The molecule has 0 atom stereocenters. The smallest absolute Gasteiger partial charge is 0.191 e. The van der Waals surface area contributed by atoms with Crippen molar-refractivity contribution in [3.8, 4) is 0 Å². The first kappa shape index (κ1) is 18.9. The molecule has 8 nitrogen and oxygen atoms in total. The maximum Gasteiger partial charge on any atom is 0.191 e. The maximum atomic E-state index is 5.46. The van der Waals surface area contributed by atoms with Gasteiger partial charge in [-0.15, -0.1) is 10.2 Å². The van der Waals surface area contributed by atoms with E-state index in [1.807, 2.05) is 0 Å². The molecule has 8 heteroatoms. The standard InChI is InChI=1S/C20H29N7O/c1-21-20(23-14-19-25-24-18-7-4-8-27(18)19)22-13-16-5-2-3-6-17(16)15-26-9-11-28-12-10-26/h2-3,5-6H,4,7-15H2,1H3,(H2,21,22,23). The van der Waals surface area contributed by atoms with Gasteiger partial charge in [0.25, 0.3) is 0 Å². The zero-order valence-corrected chi connectivity index (χ0v) is 16.5. The third kappa shape index (κ3) is 4.51. The van der Waals surface area contributed by atoms with E-state index in [0.717, 1.165) is 76.4 Å². The van der Waals surface area contributed by atoms with Gasteiger partial charge in [0.05, 0.1) is 19.8 Å². The summed E-state index contributed by atoms with van der Waals surface area (Å²) in [6, 6.07) is 8.59. The molecule has 0 saturated carbocycles. The van der Waals surface area contributed by atoms with Crippen LogP contribution in [0, 0.1) is 0 Å². The van der Waals surface area contributed by atoms with Crippen molar-refractivity contribution >= 4 is 5.96 Å². The molecule has 4 rings (SSSR count). The summed E-state index contributed by atoms with van der Waals surface area (Å²) in [7, 11) is 1.79. The summed E-state index contributed by atoms with van der Waals surface area (Å²) < 4.78 is 7.66. The lowest BCUT2D eigenvalue weighted by atomic mass is 10.1. The Morgan fingerprint density at radius 1 is 1.07 bits per heavy atom. The van der Waals surface area contributed by atoms with Gasteiger partial charge in [0, 0.05) is 46.2 Å². The summed E-state index contributed by atoms with van der Waals surface area (Å²) >= 11 is 0. The Labute approximate surface area is 166 Å². The number of benzene rings is 1. The van der Waals surface area contributed by atoms with Crippen LogP contribution in [0.5, 0.6) is 0 Å². The van der Waals surface area contributed by atoms with Crippen LogP contribution in [-0.2, 0) is 37.3 Å². The highest BCUT2D eigenvalue weighted by atomic mass is 16.5. The molecule has 0 aliphatic carbocycles. The van der Waals surface area contributed by atoms with Crippen molar-refractivity contribution in [1.82, 2.24) is 30.3 Å². The third-order valence-corrected chi connectivity index (χ3v) is 5.39. The molecule has 1 aromatic carbocycles. The van der Waals surface area contributed by atoms with Crippen molar-refractivity contribution in [2.45, 2.75) is 39.0 Å². The fourth-order valence-corrected chi connectivity index (χ4v) is 3.79. The Balaban J connectivity index is 1.32. The number of aromatic nitrogens is 3. The molecule has 2 N–H and O–H groups in total. The first-order valence-electron chi connectivity index (χ1n) is 10.1. The average Bonchev–Trinajstić information content (AvgIpc) is 3.34. The van der Waals surface area contributed by atoms with Gasteiger partial charge in [0.2, 0.25) is 0 Å². The molecule has 28 heavy (non-hydrogen) atoms. The van der Waals surface area contributed by atoms with E-state index in [-0.39, 0.29) is 0 Å². The lowest BCUT2D eigenvalue weighted by Crippen LogP contribution is -2.38. The second kappa shape index (κ2) is 9.16. The molecule has 1 aromatic heterocycles. The highest BCUT2D eigenvalue weighted by Crippen LogP contribution is 2.14. The summed E-state index contributed by atoms with van der Waals surface area (Å²) in [6.45, 7) is 6.97. The molecule has 0 radical (unpaired) electrons. The molecule has 0 amide bonds. The van der Waals surface area contributed by atoms with Gasteiger partial charge in [-0.1, -0.05) is 24.3 Å². The number of guanidine groups is 1. The van der Waals surface area contributed by atoms with Gasteiger partial charge in [-0.05, 0) is 17.5 Å². The van der Waals surface area contributed by atoms with E-state index in [1.54, 1.807) is 7.05 Å². The summed E-state index contributed by atoms with van der Waals surface area (Å²) in [5.74, 6) is 2.84. The van der Waals surface area contributed by atoms with Crippen molar-refractivity contribution in [3.05, 3.63) is 47.0 Å². The van der Waals surface area contributed by atoms with Crippen LogP contribution >= 0.6 is 0 Å². The second-order valence-corrected chi connectivity index (χ2v) is 7.22. The van der Waals surface area contributed by atoms with E-state index in [2.05, 4.69) is 59.6 Å². The van der Waals surface area contributed by atoms with E-state index in [4.69, 9.17) is 4.74 Å². The molecule has 0 spiro atoms. The van der Waals surface area contributed by atoms with Crippen LogP contribution in [0.1, 0.15) is 29.2 Å². The number of ether oxygens (including phenoxy) is 1. The highest BCUT2D eigenvalue weighted by Gasteiger charge is 2.17. The van der Waals surface area contributed by atoms with Crippen LogP contribution in [0.15, 0.2) is 29.3 Å². The van der Waals surface area contributed by atoms with Gasteiger partial charge in [-0.25, -0.2) is 0 Å². The number of nitrogens with one attached hydrogen (secondary N) is 2. The van der Waals surface area contributed by atoms with Crippen molar-refractivity contribution < 1.29 is 4.74 Å². The number of aryl methyl sites for hydroxylation is 1. The van der Waals surface area contributed by atoms with Crippen LogP contribution in [0.2, 0.25) is 0 Å². The van der Waals surface area contributed by atoms with Crippen molar-refractivity contribution in [3.63, 3.8) is 0 Å². The first-order chi connectivity index (χ1) is 13.8. The Bertz CT molecular complexity index is 811. The topological polar surface area (TPSA) is 79.6 Å². The van der Waals surface area contributed by atoms with Crippen LogP contribution in [-0.4, -0.2) is 59.0 Å². The van der Waals surface area contributed by atoms with Crippen LogP contribution < -0.4 is 10.6 Å². The third-order valence-electron chi connectivity index (χ3n) is 5.39. The zero-order valence-electron chi connectivity index (χ0n) is 16.5. The predicted molar refractivity (Wildman–Crippen MR) is 108 cm³/mol. The number of rotatable bonds is 6. The van der Waals surface area contributed by atoms with Crippen molar-refractivity contribution in [2.75, 3.05) is 33.4 Å². The van der Waals surface area contributed by atoms with Crippen molar-refractivity contribution in [1.29, 1.82) is 0 Å². The van der Waals surface area contributed by atoms with Gasteiger partial charge in [0.15, 0.2) is 11.8 Å². The first-order valence-corrected chi connectivity index (χ1v) is 10.1. The Morgan fingerprint density at radius 2 is 1.86 bits per heavy atom. The highest BCUT2D eigenvalue weighted by molar-refractivity contribution is 5.79. The Kier molecular flexibility index (Phi) is 6.18. The number of nitrogens with zero attached hydrogens (tertiary/aromatic N) is 5. The van der Waals surface area contributed by atoms with E-state index < -0.39 is 0 Å². The van der Waals surface area contributed by atoms with Gasteiger partial charge in [-0.2, -0.15) is 0 Å². The summed E-state index contributed by atoms with van der Waals surface area (Å²) in [5, 5.41) is 15.3. The predicted octanol–water partition coefficient (Wildman–Crippen LogP) is 0.922. The molecular weight excluding hydrogens is 354 g/mol. The van der Waals surface area contributed by atoms with E-state index in [0.29, 0.717) is 6.54 Å². The van der Waals surface area contributed by atoms with Gasteiger partial charge >= 0.3 is 0 Å². The van der Waals surface area contributed by atoms with Gasteiger partial charge in [-0.3, -0.25) is 9.89 Å². The van der Waals surface area contributed by atoms with Crippen LogP contribution in [0.3, 0.4) is 0 Å². The molecule has 2 aliphatic heterocycles. The molecular formula is C20H29N7O. The van der Waals surface area contributed by atoms with E-state index in [9.17, 15) is 0 Å². The number of hydrogen-bond acceptors (Lipinski definition) is 5. The van der Waals surface area contributed by atoms with Gasteiger partial charge in [0.1, 0.15) is 5.82 Å². The number of aliphatic imine (C=N–C) groups is 1. The normalized spacial score (nSPS) is 17.5. The molecule has 0 bridgehead atoms. The lowest BCUT2D eigenvalue weighted by molar-refractivity contribution is 0.0341. The number of fused-ring (bicyclic) bond motifs is 1. The molecule has 2 aliphatic rings. The Morgan fingerprint density at radius 3 is 2.68 bits per heavy atom. The second-order valence-electron chi connectivity index (χ2n) is 7.22. The molecule has 1 saturated heterocycles. The molecule has 3 heterocycles. The largest absolute Gasteiger partial charge is 0.379 e. The maximum absolute atomic E-state index is 5.46. The minimum Gasteiger partial charge on any atom is -0.379 e. The minimum absolute atomic E-state index is 0.627. The van der Waals surface area contributed by atoms with E-state index in [1.165, 1.54) is 11.1 Å². The quantitative estimate of drug-likeness (QED) is 0.571. The molecule has 150 valence electrons. The molecule has 2 aromatic rings. The zero-order chi connectivity index (χ0) is 19.2. The van der Waals surface area contributed by atoms with Crippen LogP contribution in [0.4, 0.5) is 0 Å². The fraction of sp³-hybridized carbons (Fsp3) is 0.550. The number of hydrogen-bond donors (Lipinski definition) is 2. The summed E-state index contributed by atoms with van der Waals surface area (Å²) in [5.41, 5.74) is 2.64. The summed E-state index contributed by atoms with van der Waals surface area (Å²) in [6.07, 6.45) is 2.19. The Hall–Kier alpha value is -2.45. The monoisotopic (exact) mass is 383 g/mol. The average molecular weight is 384 g/mol. The van der Waals surface area contributed by atoms with Crippen molar-refractivity contribution in [2.24, 2.45) is 4.99 Å². The van der Waals surface area contributed by atoms with Crippen LogP contribution in [0.25, 0.3) is 0 Å². The molecule has 1 fully saturated rings. The number of morpholine rings is 1. The molecule has 0 unspecified atom stereocenters. The van der Waals surface area contributed by atoms with E-state index >= 15 is 0 Å². The fourth-order valence-electron chi connectivity index (χ4n) is 3.79. The minimum atomic E-state index is 0.627. The summed E-state index contributed by atoms with van der Waals surface area (Å²) in [4.78, 5) is 6.80. The van der Waals surface area contributed by atoms with Gasteiger partial charge < -0.3 is 19.9 Å².